The van der Waals surface area contributed by atoms with E-state index in [4.69, 9.17) is 10.1 Å². The van der Waals surface area contributed by atoms with E-state index in [0.29, 0.717) is 42.0 Å². The summed E-state index contributed by atoms with van der Waals surface area (Å²) in [5, 5.41) is 19.1. The fourth-order valence-corrected chi connectivity index (χ4v) is 3.56. The molecule has 8 heteroatoms. The van der Waals surface area contributed by atoms with E-state index in [9.17, 15) is 14.7 Å². The first-order valence-corrected chi connectivity index (χ1v) is 10.1. The van der Waals surface area contributed by atoms with E-state index >= 15 is 0 Å². The van der Waals surface area contributed by atoms with Crippen molar-refractivity contribution in [3.05, 3.63) is 57.9 Å². The Bertz CT molecular complexity index is 1030. The summed E-state index contributed by atoms with van der Waals surface area (Å²) in [4.78, 5) is 32.4. The summed E-state index contributed by atoms with van der Waals surface area (Å²) in [6.45, 7) is 4.40. The number of pyridine rings is 1. The number of ether oxygens (including phenoxy) is 1. The SMILES string of the molecule is COCCc1cc(C(=O)CN2Cc3ccc(C)nc3C2=N)cc(CN(C)C(C)=O)c1O. The predicted octanol–water partition coefficient (Wildman–Crippen LogP) is 2.29. The largest absolute Gasteiger partial charge is 0.507 e. The highest BCUT2D eigenvalue weighted by molar-refractivity contribution is 6.04. The molecule has 2 heterocycles. The minimum atomic E-state index is -0.167. The molecule has 1 aromatic heterocycles. The second-order valence-electron chi connectivity index (χ2n) is 7.85. The molecule has 2 aromatic rings. The zero-order chi connectivity index (χ0) is 22.7. The number of benzene rings is 1. The molecule has 0 atom stereocenters. The number of hydrogen-bond donors (Lipinski definition) is 2. The molecule has 0 unspecified atom stereocenters. The van der Waals surface area contributed by atoms with E-state index in [-0.39, 0.29) is 36.4 Å². The predicted molar refractivity (Wildman–Crippen MR) is 116 cm³/mol. The number of carbonyl (C=O) groups is 2. The van der Waals surface area contributed by atoms with Gasteiger partial charge in [0.25, 0.3) is 0 Å². The van der Waals surface area contributed by atoms with Crippen LogP contribution in [0.25, 0.3) is 0 Å². The van der Waals surface area contributed by atoms with Crippen LogP contribution in [-0.2, 0) is 29.0 Å². The minimum Gasteiger partial charge on any atom is -0.507 e. The number of phenolic OH excluding ortho intramolecular Hbond substituents is 1. The number of nitrogens with one attached hydrogen (secondary N) is 1. The van der Waals surface area contributed by atoms with E-state index in [1.165, 1.54) is 11.8 Å². The van der Waals surface area contributed by atoms with Crippen LogP contribution in [-0.4, -0.2) is 64.7 Å². The number of aromatic hydroxyl groups is 1. The number of nitrogens with zero attached hydrogens (tertiary/aromatic N) is 3. The Morgan fingerprint density at radius 3 is 2.68 bits per heavy atom. The van der Waals surface area contributed by atoms with Gasteiger partial charge in [0, 0.05) is 56.6 Å². The van der Waals surface area contributed by atoms with E-state index in [1.54, 1.807) is 31.2 Å². The Labute approximate surface area is 182 Å². The van der Waals surface area contributed by atoms with Crippen LogP contribution in [0.3, 0.4) is 0 Å². The highest BCUT2D eigenvalue weighted by Crippen LogP contribution is 2.28. The standard InChI is InChI=1S/C23H28N4O4/c1-14-5-6-17-12-27(23(24)21(17)25-14)13-20(29)18-9-16(7-8-31-4)22(30)19(10-18)11-26(3)15(2)28/h5-6,9-10,24,30H,7-8,11-13H2,1-4H3. The van der Waals surface area contributed by atoms with Crippen molar-refractivity contribution in [2.24, 2.45) is 0 Å². The number of phenols is 1. The van der Waals surface area contributed by atoms with Gasteiger partial charge >= 0.3 is 0 Å². The van der Waals surface area contributed by atoms with Crippen molar-refractivity contribution in [1.29, 1.82) is 5.41 Å². The summed E-state index contributed by atoms with van der Waals surface area (Å²) < 4.78 is 5.12. The molecular weight excluding hydrogens is 396 g/mol. The van der Waals surface area contributed by atoms with Crippen LogP contribution in [0.2, 0.25) is 0 Å². The number of fused-ring (bicyclic) bond motifs is 1. The number of rotatable bonds is 8. The maximum absolute atomic E-state index is 13.1. The van der Waals surface area contributed by atoms with E-state index in [2.05, 4.69) is 4.98 Å². The number of hydrogen-bond acceptors (Lipinski definition) is 6. The van der Waals surface area contributed by atoms with E-state index in [0.717, 1.165) is 11.3 Å². The highest BCUT2D eigenvalue weighted by Gasteiger charge is 2.28. The Hall–Kier alpha value is -3.26. The van der Waals surface area contributed by atoms with Crippen molar-refractivity contribution in [2.45, 2.75) is 33.4 Å². The number of carbonyl (C=O) groups excluding carboxylic acids is 2. The fraction of sp³-hybridized carbons (Fsp3) is 0.391. The molecule has 0 fully saturated rings. The molecule has 0 aliphatic carbocycles. The zero-order valence-electron chi connectivity index (χ0n) is 18.4. The summed E-state index contributed by atoms with van der Waals surface area (Å²) in [6, 6.07) is 7.14. The zero-order valence-corrected chi connectivity index (χ0v) is 18.4. The summed E-state index contributed by atoms with van der Waals surface area (Å²) >= 11 is 0. The van der Waals surface area contributed by atoms with Crippen molar-refractivity contribution >= 4 is 17.5 Å². The molecule has 0 saturated carbocycles. The van der Waals surface area contributed by atoms with Crippen LogP contribution in [0.1, 0.15) is 45.4 Å². The Morgan fingerprint density at radius 1 is 1.29 bits per heavy atom. The van der Waals surface area contributed by atoms with Crippen LogP contribution in [0, 0.1) is 12.3 Å². The molecule has 1 amide bonds. The molecule has 3 rings (SSSR count). The third kappa shape index (κ3) is 4.91. The smallest absolute Gasteiger partial charge is 0.219 e. The quantitative estimate of drug-likeness (QED) is 0.630. The van der Waals surface area contributed by atoms with Gasteiger partial charge < -0.3 is 19.6 Å². The first kappa shape index (κ1) is 22.4. The van der Waals surface area contributed by atoms with E-state index in [1.807, 2.05) is 19.1 Å². The molecule has 164 valence electrons. The number of amides is 1. The summed E-state index contributed by atoms with van der Waals surface area (Å²) in [5.74, 6) is 0.00461. The first-order chi connectivity index (χ1) is 14.7. The van der Waals surface area contributed by atoms with Gasteiger partial charge in [-0.3, -0.25) is 15.0 Å². The fourth-order valence-electron chi connectivity index (χ4n) is 3.56. The lowest BCUT2D eigenvalue weighted by Gasteiger charge is -2.20. The molecule has 8 nitrogen and oxygen atoms in total. The van der Waals surface area contributed by atoms with Gasteiger partial charge in [-0.1, -0.05) is 6.07 Å². The average Bonchev–Trinajstić information content (AvgIpc) is 3.03. The second-order valence-corrected chi connectivity index (χ2v) is 7.85. The summed E-state index contributed by atoms with van der Waals surface area (Å²) in [5.41, 5.74) is 3.91. The normalized spacial score (nSPS) is 12.8. The van der Waals surface area contributed by atoms with Gasteiger partial charge in [0.15, 0.2) is 5.78 Å². The van der Waals surface area contributed by atoms with Gasteiger partial charge in [-0.15, -0.1) is 0 Å². The molecule has 1 aliphatic rings. The number of methoxy groups -OCH3 is 1. The number of aryl methyl sites for hydroxylation is 1. The molecule has 2 N–H and O–H groups in total. The molecular formula is C23H28N4O4. The highest BCUT2D eigenvalue weighted by atomic mass is 16.5. The monoisotopic (exact) mass is 424 g/mol. The lowest BCUT2D eigenvalue weighted by atomic mass is 9.98. The van der Waals surface area contributed by atoms with E-state index < -0.39 is 0 Å². The molecule has 1 aromatic carbocycles. The van der Waals surface area contributed by atoms with Crippen LogP contribution < -0.4 is 0 Å². The molecule has 0 bridgehead atoms. The molecule has 0 saturated heterocycles. The van der Waals surface area contributed by atoms with Gasteiger partial charge in [-0.2, -0.15) is 0 Å². The Kier molecular flexibility index (Phi) is 6.70. The van der Waals surface area contributed by atoms with Gasteiger partial charge in [0.05, 0.1) is 13.2 Å². The van der Waals surface area contributed by atoms with Crippen LogP contribution >= 0.6 is 0 Å². The third-order valence-corrected chi connectivity index (χ3v) is 5.46. The van der Waals surface area contributed by atoms with Crippen molar-refractivity contribution in [2.75, 3.05) is 27.3 Å². The minimum absolute atomic E-state index is 0.0325. The van der Waals surface area contributed by atoms with Gasteiger partial charge in [-0.25, -0.2) is 4.98 Å². The Balaban J connectivity index is 1.86. The number of Topliss-reactive ketones (excluding diaryl/α,β-unsaturated/α-hetero) is 1. The third-order valence-electron chi connectivity index (χ3n) is 5.46. The number of ketones is 1. The topological polar surface area (TPSA) is 107 Å². The molecule has 1 aliphatic heterocycles. The van der Waals surface area contributed by atoms with Crippen molar-refractivity contribution in [1.82, 2.24) is 14.8 Å². The van der Waals surface area contributed by atoms with Crippen LogP contribution in [0.5, 0.6) is 5.75 Å². The second kappa shape index (κ2) is 9.26. The maximum atomic E-state index is 13.1. The Morgan fingerprint density at radius 2 is 2.00 bits per heavy atom. The van der Waals surface area contributed by atoms with Crippen LogP contribution in [0.4, 0.5) is 0 Å². The molecule has 0 radical (unpaired) electrons. The van der Waals surface area contributed by atoms with Crippen LogP contribution in [0.15, 0.2) is 24.3 Å². The lowest BCUT2D eigenvalue weighted by Crippen LogP contribution is -2.30. The van der Waals surface area contributed by atoms with Crippen molar-refractivity contribution < 1.29 is 19.4 Å². The summed E-state index contributed by atoms with van der Waals surface area (Å²) in [7, 11) is 3.21. The average molecular weight is 425 g/mol. The van der Waals surface area contributed by atoms with Gasteiger partial charge in [0.1, 0.15) is 17.3 Å². The van der Waals surface area contributed by atoms with Gasteiger partial charge in [0.2, 0.25) is 5.91 Å². The van der Waals surface area contributed by atoms with Crippen molar-refractivity contribution in [3.8, 4) is 5.75 Å². The van der Waals surface area contributed by atoms with Crippen molar-refractivity contribution in [3.63, 3.8) is 0 Å². The molecule has 0 spiro atoms. The van der Waals surface area contributed by atoms with Gasteiger partial charge in [-0.05, 0) is 37.1 Å². The maximum Gasteiger partial charge on any atom is 0.219 e. The number of aromatic nitrogens is 1. The summed E-state index contributed by atoms with van der Waals surface area (Å²) in [6.07, 6.45) is 0.439. The lowest BCUT2D eigenvalue weighted by molar-refractivity contribution is -0.128. The first-order valence-electron chi connectivity index (χ1n) is 10.1. The molecule has 31 heavy (non-hydrogen) atoms. The number of amidine groups is 1.